The van der Waals surface area contributed by atoms with Gasteiger partial charge in [0.05, 0.1) is 16.5 Å². The molecule has 6 heteroatoms. The Kier molecular flexibility index (Phi) is 5.82. The lowest BCUT2D eigenvalue weighted by atomic mass is 10.1. The number of amides is 2. The summed E-state index contributed by atoms with van der Waals surface area (Å²) in [5, 5.41) is 8.64. The number of nitriles is 1. The molecule has 1 saturated heterocycles. The first-order valence-electron chi connectivity index (χ1n) is 9.54. The van der Waals surface area contributed by atoms with Crippen LogP contribution in [0.25, 0.3) is 17.4 Å². The first-order chi connectivity index (χ1) is 14.6. The van der Waals surface area contributed by atoms with Crippen molar-refractivity contribution in [3.05, 3.63) is 88.5 Å². The molecule has 0 spiro atoms. The van der Waals surface area contributed by atoms with Crippen molar-refractivity contribution >= 4 is 29.0 Å². The summed E-state index contributed by atoms with van der Waals surface area (Å²) < 4.78 is 5.81. The molecule has 4 rings (SSSR count). The fourth-order valence-electron chi connectivity index (χ4n) is 3.20. The molecule has 148 valence electrons. The van der Waals surface area contributed by atoms with Crippen molar-refractivity contribution in [2.75, 3.05) is 6.54 Å². The van der Waals surface area contributed by atoms with Crippen LogP contribution >= 0.6 is 11.8 Å². The van der Waals surface area contributed by atoms with Crippen LogP contribution < -0.4 is 0 Å². The van der Waals surface area contributed by atoms with E-state index in [0.717, 1.165) is 30.2 Å². The summed E-state index contributed by atoms with van der Waals surface area (Å²) in [6.45, 7) is 0.394. The van der Waals surface area contributed by atoms with E-state index in [1.54, 1.807) is 30.3 Å². The SMILES string of the molecule is N#Cc1ccc(-c2ccc(/C=C3/SC(=O)N(CCCc4ccccc4)C3=O)o2)cc1. The molecule has 2 amide bonds. The van der Waals surface area contributed by atoms with E-state index < -0.39 is 0 Å². The van der Waals surface area contributed by atoms with Crippen molar-refractivity contribution in [2.24, 2.45) is 0 Å². The van der Waals surface area contributed by atoms with E-state index in [4.69, 9.17) is 9.68 Å². The Labute approximate surface area is 178 Å². The van der Waals surface area contributed by atoms with Crippen molar-refractivity contribution in [3.63, 3.8) is 0 Å². The third-order valence-electron chi connectivity index (χ3n) is 4.76. The smallest absolute Gasteiger partial charge is 0.293 e. The Morgan fingerprint density at radius 3 is 2.50 bits per heavy atom. The van der Waals surface area contributed by atoms with Crippen molar-refractivity contribution in [2.45, 2.75) is 12.8 Å². The van der Waals surface area contributed by atoms with Gasteiger partial charge < -0.3 is 4.42 Å². The zero-order chi connectivity index (χ0) is 20.9. The highest BCUT2D eigenvalue weighted by Crippen LogP contribution is 2.33. The number of imide groups is 1. The number of benzene rings is 2. The normalized spacial score (nSPS) is 15.0. The Bertz CT molecular complexity index is 1140. The van der Waals surface area contributed by atoms with E-state index in [1.807, 2.05) is 42.5 Å². The van der Waals surface area contributed by atoms with Gasteiger partial charge in [-0.25, -0.2) is 0 Å². The van der Waals surface area contributed by atoms with Gasteiger partial charge in [0.2, 0.25) is 0 Å². The van der Waals surface area contributed by atoms with Gasteiger partial charge in [0.15, 0.2) is 0 Å². The van der Waals surface area contributed by atoms with Crippen LogP contribution in [-0.2, 0) is 11.2 Å². The Hall–Kier alpha value is -3.56. The van der Waals surface area contributed by atoms with Gasteiger partial charge in [-0.15, -0.1) is 0 Å². The molecule has 5 nitrogen and oxygen atoms in total. The van der Waals surface area contributed by atoms with E-state index in [1.165, 1.54) is 10.5 Å². The lowest BCUT2D eigenvalue weighted by molar-refractivity contribution is -0.122. The quantitative estimate of drug-likeness (QED) is 0.499. The monoisotopic (exact) mass is 414 g/mol. The van der Waals surface area contributed by atoms with Crippen molar-refractivity contribution in [1.29, 1.82) is 5.26 Å². The molecule has 1 aliphatic heterocycles. The Balaban J connectivity index is 1.41. The van der Waals surface area contributed by atoms with Crippen LogP contribution in [-0.4, -0.2) is 22.6 Å². The van der Waals surface area contributed by atoms with Crippen molar-refractivity contribution in [1.82, 2.24) is 4.90 Å². The number of carbonyl (C=O) groups excluding carboxylic acids is 2. The fraction of sp³-hybridized carbons (Fsp3) is 0.125. The van der Waals surface area contributed by atoms with Crippen LogP contribution in [0.2, 0.25) is 0 Å². The molecular weight excluding hydrogens is 396 g/mol. The molecule has 0 bridgehead atoms. The number of nitrogens with zero attached hydrogens (tertiary/aromatic N) is 2. The number of furan rings is 1. The molecule has 0 saturated carbocycles. The number of hydrogen-bond donors (Lipinski definition) is 0. The predicted octanol–water partition coefficient (Wildman–Crippen LogP) is 5.49. The molecule has 1 fully saturated rings. The number of rotatable bonds is 6. The summed E-state index contributed by atoms with van der Waals surface area (Å²) in [5.74, 6) is 0.853. The minimum absolute atomic E-state index is 0.252. The van der Waals surface area contributed by atoms with Crippen LogP contribution in [0.4, 0.5) is 4.79 Å². The average molecular weight is 414 g/mol. The van der Waals surface area contributed by atoms with E-state index in [2.05, 4.69) is 6.07 Å². The zero-order valence-corrected chi connectivity index (χ0v) is 16.9. The van der Waals surface area contributed by atoms with Gasteiger partial charge in [-0.05, 0) is 66.6 Å². The standard InChI is InChI=1S/C24H18N2O3S/c25-16-18-8-10-19(11-9-18)21-13-12-20(29-21)15-22-23(27)26(24(28)30-22)14-4-7-17-5-2-1-3-6-17/h1-3,5-6,8-13,15H,4,7,14H2/b22-15+. The lowest BCUT2D eigenvalue weighted by Gasteiger charge is -2.11. The predicted molar refractivity (Wildman–Crippen MR) is 116 cm³/mol. The first kappa shape index (κ1) is 19.7. The maximum Gasteiger partial charge on any atom is 0.293 e. The highest BCUT2D eigenvalue weighted by molar-refractivity contribution is 8.18. The van der Waals surface area contributed by atoms with Crippen molar-refractivity contribution in [3.8, 4) is 17.4 Å². The minimum Gasteiger partial charge on any atom is -0.457 e. The Morgan fingerprint density at radius 2 is 1.77 bits per heavy atom. The second-order valence-corrected chi connectivity index (χ2v) is 7.81. The van der Waals surface area contributed by atoms with Gasteiger partial charge in [0.1, 0.15) is 11.5 Å². The lowest BCUT2D eigenvalue weighted by Crippen LogP contribution is -2.29. The number of hydrogen-bond acceptors (Lipinski definition) is 5. The zero-order valence-electron chi connectivity index (χ0n) is 16.1. The van der Waals surface area contributed by atoms with E-state index >= 15 is 0 Å². The van der Waals surface area contributed by atoms with Gasteiger partial charge >= 0.3 is 0 Å². The number of carbonyl (C=O) groups is 2. The van der Waals surface area contributed by atoms with Gasteiger partial charge in [-0.3, -0.25) is 14.5 Å². The second-order valence-electron chi connectivity index (χ2n) is 6.81. The molecule has 0 N–H and O–H groups in total. The Morgan fingerprint density at radius 1 is 1.00 bits per heavy atom. The van der Waals surface area contributed by atoms with Crippen LogP contribution in [0.1, 0.15) is 23.3 Å². The summed E-state index contributed by atoms with van der Waals surface area (Å²) in [5.41, 5.74) is 2.60. The number of aryl methyl sites for hydroxylation is 1. The largest absolute Gasteiger partial charge is 0.457 e. The average Bonchev–Trinajstić information content (AvgIpc) is 3.34. The summed E-state index contributed by atoms with van der Waals surface area (Å²) in [6.07, 6.45) is 3.14. The molecule has 0 unspecified atom stereocenters. The van der Waals surface area contributed by atoms with Crippen LogP contribution in [0.15, 0.2) is 76.1 Å². The third kappa shape index (κ3) is 4.37. The molecule has 1 aromatic heterocycles. The summed E-state index contributed by atoms with van der Waals surface area (Å²) in [7, 11) is 0. The topological polar surface area (TPSA) is 74.3 Å². The van der Waals surface area contributed by atoms with Crippen LogP contribution in [0.5, 0.6) is 0 Å². The molecule has 0 radical (unpaired) electrons. The molecule has 30 heavy (non-hydrogen) atoms. The molecular formula is C24H18N2O3S. The van der Waals surface area contributed by atoms with Crippen LogP contribution in [0, 0.1) is 11.3 Å². The second kappa shape index (κ2) is 8.85. The highest BCUT2D eigenvalue weighted by Gasteiger charge is 2.34. The molecule has 0 atom stereocenters. The van der Waals surface area contributed by atoms with E-state index in [9.17, 15) is 9.59 Å². The third-order valence-corrected chi connectivity index (χ3v) is 5.67. The molecule has 3 aromatic rings. The summed E-state index contributed by atoms with van der Waals surface area (Å²) >= 11 is 0.935. The van der Waals surface area contributed by atoms with Gasteiger partial charge in [0, 0.05) is 18.2 Å². The van der Waals surface area contributed by atoms with Crippen molar-refractivity contribution < 1.29 is 14.0 Å². The molecule has 2 aromatic carbocycles. The fourth-order valence-corrected chi connectivity index (χ4v) is 4.05. The maximum atomic E-state index is 12.7. The minimum atomic E-state index is -0.283. The maximum absolute atomic E-state index is 12.7. The molecule has 1 aliphatic rings. The summed E-state index contributed by atoms with van der Waals surface area (Å²) in [4.78, 5) is 26.6. The van der Waals surface area contributed by atoms with Gasteiger partial charge in [-0.2, -0.15) is 5.26 Å². The molecule has 0 aliphatic carbocycles. The van der Waals surface area contributed by atoms with E-state index in [-0.39, 0.29) is 11.1 Å². The van der Waals surface area contributed by atoms with Gasteiger partial charge in [0.25, 0.3) is 11.1 Å². The summed E-state index contributed by atoms with van der Waals surface area (Å²) in [6, 6.07) is 22.7. The van der Waals surface area contributed by atoms with Gasteiger partial charge in [-0.1, -0.05) is 30.3 Å². The number of thioether (sulfide) groups is 1. The molecule has 2 heterocycles. The first-order valence-corrected chi connectivity index (χ1v) is 10.4. The van der Waals surface area contributed by atoms with E-state index in [0.29, 0.717) is 28.5 Å². The van der Waals surface area contributed by atoms with Crippen LogP contribution in [0.3, 0.4) is 0 Å². The highest BCUT2D eigenvalue weighted by atomic mass is 32.2.